The number of nitrogens with zero attached hydrogens (tertiary/aromatic N) is 4. The molecule has 1 amide bonds. The summed E-state index contributed by atoms with van der Waals surface area (Å²) in [5, 5.41) is 3.88. The topological polar surface area (TPSA) is 94.4 Å². The lowest BCUT2D eigenvalue weighted by Gasteiger charge is -2.15. The van der Waals surface area contributed by atoms with Crippen LogP contribution < -0.4 is 5.76 Å². The van der Waals surface area contributed by atoms with Crippen molar-refractivity contribution < 1.29 is 13.7 Å². The van der Waals surface area contributed by atoms with Gasteiger partial charge in [-0.2, -0.15) is 4.98 Å². The van der Waals surface area contributed by atoms with Crippen molar-refractivity contribution in [3.8, 4) is 0 Å². The van der Waals surface area contributed by atoms with E-state index < -0.39 is 5.76 Å². The third-order valence-corrected chi connectivity index (χ3v) is 4.15. The number of carbonyl (C=O) groups is 1. The average Bonchev–Trinajstić information content (AvgIpc) is 3.17. The molecule has 2 aromatic heterocycles. The van der Waals surface area contributed by atoms with E-state index in [4.69, 9.17) is 8.94 Å². The highest BCUT2D eigenvalue weighted by Gasteiger charge is 2.16. The molecule has 3 rings (SSSR count). The Bertz CT molecular complexity index is 983. The first-order valence-electron chi connectivity index (χ1n) is 8.51. The molecule has 0 radical (unpaired) electrons. The third-order valence-electron chi connectivity index (χ3n) is 4.15. The first kappa shape index (κ1) is 17.9. The Morgan fingerprint density at radius 1 is 1.35 bits per heavy atom. The minimum Gasteiger partial charge on any atom is -0.408 e. The summed E-state index contributed by atoms with van der Waals surface area (Å²) in [6.07, 6.45) is 0.174. The molecular formula is C18H22N4O4. The van der Waals surface area contributed by atoms with Gasteiger partial charge in [0, 0.05) is 25.9 Å². The molecule has 26 heavy (non-hydrogen) atoms. The number of hydrogen-bond acceptors (Lipinski definition) is 6. The van der Waals surface area contributed by atoms with Crippen LogP contribution in [0.15, 0.2) is 31.9 Å². The number of fused-ring (bicyclic) bond motifs is 1. The second-order valence-electron chi connectivity index (χ2n) is 6.69. The predicted octanol–water partition coefficient (Wildman–Crippen LogP) is 2.46. The lowest BCUT2D eigenvalue weighted by atomic mass is 10.2. The molecule has 0 unspecified atom stereocenters. The molecule has 0 N–H and O–H groups in total. The van der Waals surface area contributed by atoms with Gasteiger partial charge in [0.05, 0.1) is 12.1 Å². The van der Waals surface area contributed by atoms with Gasteiger partial charge in [-0.1, -0.05) is 25.1 Å². The van der Waals surface area contributed by atoms with Crippen LogP contribution in [-0.4, -0.2) is 32.6 Å². The summed E-state index contributed by atoms with van der Waals surface area (Å²) in [6.45, 7) is 6.37. The highest BCUT2D eigenvalue weighted by molar-refractivity contribution is 5.77. The van der Waals surface area contributed by atoms with E-state index in [0.717, 1.165) is 5.56 Å². The first-order chi connectivity index (χ1) is 12.3. The molecule has 0 spiro atoms. The van der Waals surface area contributed by atoms with Crippen molar-refractivity contribution in [3.05, 3.63) is 46.0 Å². The van der Waals surface area contributed by atoms with Crippen molar-refractivity contribution in [2.24, 2.45) is 0 Å². The molecule has 0 aliphatic rings. The highest BCUT2D eigenvalue weighted by Crippen LogP contribution is 2.15. The smallest absolute Gasteiger partial charge is 0.408 e. The van der Waals surface area contributed by atoms with Crippen LogP contribution in [0.25, 0.3) is 11.1 Å². The van der Waals surface area contributed by atoms with E-state index in [1.165, 1.54) is 9.47 Å². The fourth-order valence-electron chi connectivity index (χ4n) is 2.65. The number of rotatable bonds is 6. The number of aromatic nitrogens is 3. The molecule has 8 heteroatoms. The van der Waals surface area contributed by atoms with Crippen LogP contribution in [0.4, 0.5) is 0 Å². The van der Waals surface area contributed by atoms with E-state index in [-0.39, 0.29) is 31.3 Å². The number of carbonyl (C=O) groups excluding carboxylic acids is 1. The molecule has 0 aliphatic heterocycles. The molecule has 0 fully saturated rings. The summed E-state index contributed by atoms with van der Waals surface area (Å²) in [6, 6.07) is 5.52. The van der Waals surface area contributed by atoms with Crippen LogP contribution >= 0.6 is 0 Å². The maximum atomic E-state index is 12.4. The molecule has 0 atom stereocenters. The number of benzene rings is 1. The maximum absolute atomic E-state index is 12.4. The summed E-state index contributed by atoms with van der Waals surface area (Å²) in [5.74, 6) is 0.580. The van der Waals surface area contributed by atoms with E-state index in [0.29, 0.717) is 22.8 Å². The zero-order valence-corrected chi connectivity index (χ0v) is 15.4. The van der Waals surface area contributed by atoms with Crippen molar-refractivity contribution in [1.82, 2.24) is 19.6 Å². The highest BCUT2D eigenvalue weighted by atomic mass is 16.5. The summed E-state index contributed by atoms with van der Waals surface area (Å²) >= 11 is 0. The van der Waals surface area contributed by atoms with E-state index in [1.54, 1.807) is 13.1 Å². The fourth-order valence-corrected chi connectivity index (χ4v) is 2.65. The molecule has 1 aromatic carbocycles. The molecular weight excluding hydrogens is 336 g/mol. The van der Waals surface area contributed by atoms with Gasteiger partial charge >= 0.3 is 5.76 Å². The van der Waals surface area contributed by atoms with Gasteiger partial charge in [-0.25, -0.2) is 4.79 Å². The van der Waals surface area contributed by atoms with Crippen LogP contribution in [-0.2, 0) is 17.9 Å². The summed E-state index contributed by atoms with van der Waals surface area (Å²) < 4.78 is 11.8. The SMILES string of the molecule is Cc1ccc2oc(=O)n(CCC(=O)N(C)Cc3noc(C(C)C)n3)c2c1. The van der Waals surface area contributed by atoms with Gasteiger partial charge in [0.1, 0.15) is 0 Å². The second-order valence-corrected chi connectivity index (χ2v) is 6.69. The lowest BCUT2D eigenvalue weighted by molar-refractivity contribution is -0.130. The molecule has 0 aliphatic carbocycles. The molecule has 3 aromatic rings. The van der Waals surface area contributed by atoms with Gasteiger partial charge in [0.2, 0.25) is 11.8 Å². The van der Waals surface area contributed by atoms with E-state index >= 15 is 0 Å². The quantitative estimate of drug-likeness (QED) is 0.672. The van der Waals surface area contributed by atoms with E-state index in [9.17, 15) is 9.59 Å². The normalized spacial score (nSPS) is 11.4. The first-order valence-corrected chi connectivity index (χ1v) is 8.51. The van der Waals surface area contributed by atoms with Crippen molar-refractivity contribution in [2.75, 3.05) is 7.05 Å². The number of hydrogen-bond donors (Lipinski definition) is 0. The minimum atomic E-state index is -0.458. The van der Waals surface area contributed by atoms with Crippen LogP contribution in [0, 0.1) is 6.92 Å². The molecule has 0 bridgehead atoms. The van der Waals surface area contributed by atoms with Crippen molar-refractivity contribution in [3.63, 3.8) is 0 Å². The molecule has 0 saturated heterocycles. The largest absolute Gasteiger partial charge is 0.419 e. The molecule has 0 saturated carbocycles. The van der Waals surface area contributed by atoms with E-state index in [2.05, 4.69) is 10.1 Å². The summed E-state index contributed by atoms with van der Waals surface area (Å²) in [4.78, 5) is 30.2. The summed E-state index contributed by atoms with van der Waals surface area (Å²) in [5.41, 5.74) is 2.24. The minimum absolute atomic E-state index is 0.116. The molecule has 8 nitrogen and oxygen atoms in total. The fraction of sp³-hybridized carbons (Fsp3) is 0.444. The van der Waals surface area contributed by atoms with Crippen molar-refractivity contribution >= 4 is 17.0 Å². The van der Waals surface area contributed by atoms with Gasteiger partial charge in [0.25, 0.3) is 0 Å². The Hall–Kier alpha value is -2.90. The number of oxazole rings is 1. The van der Waals surface area contributed by atoms with Crippen molar-refractivity contribution in [2.45, 2.75) is 46.2 Å². The summed E-state index contributed by atoms with van der Waals surface area (Å²) in [7, 11) is 1.67. The van der Waals surface area contributed by atoms with Crippen LogP contribution in [0.3, 0.4) is 0 Å². The third kappa shape index (κ3) is 3.68. The number of amides is 1. The van der Waals surface area contributed by atoms with Crippen LogP contribution in [0.2, 0.25) is 0 Å². The lowest BCUT2D eigenvalue weighted by Crippen LogP contribution is -2.28. The van der Waals surface area contributed by atoms with Gasteiger partial charge in [-0.15, -0.1) is 0 Å². The zero-order chi connectivity index (χ0) is 18.8. The van der Waals surface area contributed by atoms with Gasteiger partial charge in [-0.05, 0) is 24.6 Å². The van der Waals surface area contributed by atoms with Gasteiger partial charge in [0.15, 0.2) is 11.4 Å². The van der Waals surface area contributed by atoms with Crippen LogP contribution in [0.5, 0.6) is 0 Å². The van der Waals surface area contributed by atoms with Gasteiger partial charge in [-0.3, -0.25) is 9.36 Å². The Morgan fingerprint density at radius 2 is 2.12 bits per heavy atom. The Kier molecular flexibility index (Phi) is 4.92. The number of aryl methyl sites for hydroxylation is 2. The maximum Gasteiger partial charge on any atom is 0.419 e. The van der Waals surface area contributed by atoms with E-state index in [1.807, 2.05) is 32.9 Å². The molecule has 138 valence electrons. The predicted molar refractivity (Wildman–Crippen MR) is 94.7 cm³/mol. The van der Waals surface area contributed by atoms with Gasteiger partial charge < -0.3 is 13.8 Å². The van der Waals surface area contributed by atoms with Crippen LogP contribution in [0.1, 0.15) is 43.5 Å². The second kappa shape index (κ2) is 7.15. The standard InChI is InChI=1S/C18H22N4O4/c1-11(2)17-19-15(20-26-17)10-21(4)16(23)7-8-22-13-9-12(3)5-6-14(13)25-18(22)24/h5-6,9,11H,7-8,10H2,1-4H3. The Balaban J connectivity index is 1.65. The average molecular weight is 358 g/mol. The van der Waals surface area contributed by atoms with Crippen molar-refractivity contribution in [1.29, 1.82) is 0 Å². The zero-order valence-electron chi connectivity index (χ0n) is 15.4. The monoisotopic (exact) mass is 358 g/mol. The Morgan fingerprint density at radius 3 is 2.81 bits per heavy atom. The molecule has 2 heterocycles. The Labute approximate surface area is 150 Å².